The third-order valence-corrected chi connectivity index (χ3v) is 4.03. The van der Waals surface area contributed by atoms with Crippen LogP contribution in [0.2, 0.25) is 0 Å². The maximum Gasteiger partial charge on any atom is 0.161 e. The highest BCUT2D eigenvalue weighted by Crippen LogP contribution is 2.37. The van der Waals surface area contributed by atoms with Gasteiger partial charge in [-0.25, -0.2) is 0 Å². The standard InChI is InChI=1S/C15H13NO2S/c1-17-13-4-3-10(7-14(13)18-2)12-9-19-15-5-6-16-8-11(12)15/h3-9H,1-2H3. The number of methoxy groups -OCH3 is 2. The maximum absolute atomic E-state index is 5.35. The molecule has 0 saturated heterocycles. The highest BCUT2D eigenvalue weighted by molar-refractivity contribution is 7.17. The Bertz CT molecular complexity index is 721. The first-order valence-electron chi connectivity index (χ1n) is 5.87. The van der Waals surface area contributed by atoms with Gasteiger partial charge in [-0.15, -0.1) is 11.3 Å². The zero-order chi connectivity index (χ0) is 13.2. The lowest BCUT2D eigenvalue weighted by Gasteiger charge is -2.09. The molecule has 0 aliphatic heterocycles. The summed E-state index contributed by atoms with van der Waals surface area (Å²) in [5.74, 6) is 1.48. The van der Waals surface area contributed by atoms with Crippen molar-refractivity contribution in [2.75, 3.05) is 14.2 Å². The molecule has 4 heteroatoms. The second-order valence-corrected chi connectivity index (χ2v) is 5.00. The first kappa shape index (κ1) is 12.0. The van der Waals surface area contributed by atoms with Crippen LogP contribution < -0.4 is 9.47 Å². The Morgan fingerprint density at radius 1 is 1.05 bits per heavy atom. The predicted octanol–water partition coefficient (Wildman–Crippen LogP) is 3.98. The van der Waals surface area contributed by atoms with Crippen LogP contribution in [-0.2, 0) is 0 Å². The van der Waals surface area contributed by atoms with Crippen molar-refractivity contribution in [1.82, 2.24) is 4.98 Å². The summed E-state index contributed by atoms with van der Waals surface area (Å²) >= 11 is 1.72. The van der Waals surface area contributed by atoms with Crippen molar-refractivity contribution in [2.24, 2.45) is 0 Å². The number of hydrogen-bond acceptors (Lipinski definition) is 4. The van der Waals surface area contributed by atoms with E-state index in [0.29, 0.717) is 0 Å². The summed E-state index contributed by atoms with van der Waals surface area (Å²) in [7, 11) is 3.29. The second-order valence-electron chi connectivity index (χ2n) is 4.09. The number of ether oxygens (including phenoxy) is 2. The molecule has 0 bridgehead atoms. The van der Waals surface area contributed by atoms with Crippen molar-refractivity contribution in [2.45, 2.75) is 0 Å². The average molecular weight is 271 g/mol. The summed E-state index contributed by atoms with van der Waals surface area (Å²) < 4.78 is 11.8. The van der Waals surface area contributed by atoms with Gasteiger partial charge in [0, 0.05) is 28.0 Å². The van der Waals surface area contributed by atoms with Gasteiger partial charge in [0.15, 0.2) is 11.5 Å². The predicted molar refractivity (Wildman–Crippen MR) is 78.2 cm³/mol. The molecule has 0 aliphatic carbocycles. The van der Waals surface area contributed by atoms with E-state index in [1.54, 1.807) is 25.6 Å². The molecule has 1 aromatic carbocycles. The molecule has 2 heterocycles. The summed E-state index contributed by atoms with van der Waals surface area (Å²) in [6.45, 7) is 0. The van der Waals surface area contributed by atoms with E-state index in [9.17, 15) is 0 Å². The van der Waals surface area contributed by atoms with E-state index in [1.807, 2.05) is 36.7 Å². The summed E-state index contributed by atoms with van der Waals surface area (Å²) in [4.78, 5) is 4.20. The number of aromatic nitrogens is 1. The topological polar surface area (TPSA) is 31.4 Å². The fraction of sp³-hybridized carbons (Fsp3) is 0.133. The molecule has 2 aromatic heterocycles. The third kappa shape index (κ3) is 2.04. The fourth-order valence-corrected chi connectivity index (χ4v) is 3.04. The Morgan fingerprint density at radius 2 is 1.89 bits per heavy atom. The van der Waals surface area contributed by atoms with E-state index in [2.05, 4.69) is 10.4 Å². The van der Waals surface area contributed by atoms with Crippen LogP contribution in [0.1, 0.15) is 0 Å². The SMILES string of the molecule is COc1ccc(-c2csc3ccncc23)cc1OC. The first-order chi connectivity index (χ1) is 9.33. The van der Waals surface area contributed by atoms with Crippen LogP contribution in [0, 0.1) is 0 Å². The number of rotatable bonds is 3. The summed E-state index contributed by atoms with van der Waals surface area (Å²) in [5, 5.41) is 3.31. The molecule has 0 spiro atoms. The summed E-state index contributed by atoms with van der Waals surface area (Å²) in [6.07, 6.45) is 3.72. The number of nitrogens with zero attached hydrogens (tertiary/aromatic N) is 1. The summed E-state index contributed by atoms with van der Waals surface area (Å²) in [5.41, 5.74) is 2.28. The summed E-state index contributed by atoms with van der Waals surface area (Å²) in [6, 6.07) is 7.99. The smallest absolute Gasteiger partial charge is 0.161 e. The highest BCUT2D eigenvalue weighted by atomic mass is 32.1. The minimum Gasteiger partial charge on any atom is -0.493 e. The maximum atomic E-state index is 5.35. The van der Waals surface area contributed by atoms with Gasteiger partial charge in [0.05, 0.1) is 14.2 Å². The van der Waals surface area contributed by atoms with Gasteiger partial charge in [-0.1, -0.05) is 6.07 Å². The van der Waals surface area contributed by atoms with Gasteiger partial charge in [0.2, 0.25) is 0 Å². The lowest BCUT2D eigenvalue weighted by molar-refractivity contribution is 0.355. The average Bonchev–Trinajstić information content (AvgIpc) is 2.90. The molecule has 0 N–H and O–H groups in total. The molecular formula is C15H13NO2S. The molecule has 19 heavy (non-hydrogen) atoms. The lowest BCUT2D eigenvalue weighted by Crippen LogP contribution is -1.90. The molecule has 0 atom stereocenters. The van der Waals surface area contributed by atoms with Crippen molar-refractivity contribution in [3.05, 3.63) is 42.0 Å². The minimum absolute atomic E-state index is 0.739. The molecular weight excluding hydrogens is 258 g/mol. The Balaban J connectivity index is 2.16. The van der Waals surface area contributed by atoms with Crippen LogP contribution in [0.5, 0.6) is 11.5 Å². The van der Waals surface area contributed by atoms with Crippen LogP contribution >= 0.6 is 11.3 Å². The number of pyridine rings is 1. The zero-order valence-electron chi connectivity index (χ0n) is 10.7. The van der Waals surface area contributed by atoms with Crippen LogP contribution in [0.15, 0.2) is 42.0 Å². The Kier molecular flexibility index (Phi) is 3.09. The monoisotopic (exact) mass is 271 g/mol. The van der Waals surface area contributed by atoms with Crippen molar-refractivity contribution in [3.63, 3.8) is 0 Å². The van der Waals surface area contributed by atoms with Gasteiger partial charge in [-0.05, 0) is 29.1 Å². The molecule has 0 saturated carbocycles. The first-order valence-corrected chi connectivity index (χ1v) is 6.75. The number of benzene rings is 1. The van der Waals surface area contributed by atoms with E-state index >= 15 is 0 Å². The third-order valence-electron chi connectivity index (χ3n) is 3.07. The van der Waals surface area contributed by atoms with E-state index in [-0.39, 0.29) is 0 Å². The van der Waals surface area contributed by atoms with Gasteiger partial charge in [0.25, 0.3) is 0 Å². The van der Waals surface area contributed by atoms with Crippen LogP contribution in [0.25, 0.3) is 21.2 Å². The van der Waals surface area contributed by atoms with Gasteiger partial charge >= 0.3 is 0 Å². The molecule has 0 amide bonds. The molecule has 0 aliphatic rings. The minimum atomic E-state index is 0.739. The Hall–Kier alpha value is -2.07. The van der Waals surface area contributed by atoms with E-state index < -0.39 is 0 Å². The van der Waals surface area contributed by atoms with Gasteiger partial charge in [0.1, 0.15) is 0 Å². The van der Waals surface area contributed by atoms with Crippen LogP contribution in [-0.4, -0.2) is 19.2 Å². The molecule has 3 aromatic rings. The molecule has 0 unspecified atom stereocenters. The van der Waals surface area contributed by atoms with Crippen molar-refractivity contribution < 1.29 is 9.47 Å². The lowest BCUT2D eigenvalue weighted by atomic mass is 10.1. The van der Waals surface area contributed by atoms with Crippen LogP contribution in [0.4, 0.5) is 0 Å². The van der Waals surface area contributed by atoms with Crippen LogP contribution in [0.3, 0.4) is 0 Å². The molecule has 0 radical (unpaired) electrons. The number of thiophene rings is 1. The van der Waals surface area contributed by atoms with Crippen molar-refractivity contribution in [1.29, 1.82) is 0 Å². The van der Waals surface area contributed by atoms with Gasteiger partial charge < -0.3 is 9.47 Å². The number of fused-ring (bicyclic) bond motifs is 1. The second kappa shape index (κ2) is 4.90. The van der Waals surface area contributed by atoms with E-state index in [4.69, 9.17) is 9.47 Å². The molecule has 0 fully saturated rings. The van der Waals surface area contributed by atoms with E-state index in [0.717, 1.165) is 17.1 Å². The zero-order valence-corrected chi connectivity index (χ0v) is 11.5. The van der Waals surface area contributed by atoms with Crippen molar-refractivity contribution >= 4 is 21.4 Å². The van der Waals surface area contributed by atoms with Gasteiger partial charge in [-0.3, -0.25) is 4.98 Å². The highest BCUT2D eigenvalue weighted by Gasteiger charge is 2.10. The largest absolute Gasteiger partial charge is 0.493 e. The van der Waals surface area contributed by atoms with Gasteiger partial charge in [-0.2, -0.15) is 0 Å². The van der Waals surface area contributed by atoms with Crippen molar-refractivity contribution in [3.8, 4) is 22.6 Å². The fourth-order valence-electron chi connectivity index (χ4n) is 2.10. The number of hydrogen-bond donors (Lipinski definition) is 0. The molecule has 96 valence electrons. The molecule has 3 nitrogen and oxygen atoms in total. The normalized spacial score (nSPS) is 10.6. The Labute approximate surface area is 115 Å². The van der Waals surface area contributed by atoms with E-state index in [1.165, 1.54) is 15.6 Å². The quantitative estimate of drug-likeness (QED) is 0.722. The molecule has 3 rings (SSSR count). The Morgan fingerprint density at radius 3 is 2.68 bits per heavy atom.